The van der Waals surface area contributed by atoms with Gasteiger partial charge in [-0.15, -0.1) is 0 Å². The van der Waals surface area contributed by atoms with E-state index in [1.165, 1.54) is 0 Å². The number of carbonyl (C=O) groups is 1. The maximum Gasteiger partial charge on any atom is 0.314 e. The molecule has 384 valence electrons. The van der Waals surface area contributed by atoms with Crippen molar-refractivity contribution in [1.82, 2.24) is 0 Å². The van der Waals surface area contributed by atoms with Gasteiger partial charge in [-0.1, -0.05) is 19.9 Å². The van der Waals surface area contributed by atoms with Crippen LogP contribution in [0.2, 0.25) is 0 Å². The molecule has 0 aromatic rings. The molecule has 4 heterocycles. The molecule has 1 spiro atoms. The lowest BCUT2D eigenvalue weighted by Crippen LogP contribution is -2.65. The first-order valence-electron chi connectivity index (χ1n) is 23.4. The zero-order valence-corrected chi connectivity index (χ0v) is 37.5. The number of ether oxygens (including phenoxy) is 8. The van der Waals surface area contributed by atoms with Gasteiger partial charge in [-0.25, -0.2) is 0 Å². The number of rotatable bonds is 12. The minimum Gasteiger partial charge on any atom is -0.432 e. The Morgan fingerprint density at radius 3 is 1.55 bits per heavy atom. The molecule has 23 nitrogen and oxygen atoms in total. The van der Waals surface area contributed by atoms with Crippen LogP contribution in [0.3, 0.4) is 0 Å². The molecule has 14 N–H and O–H groups in total. The highest BCUT2D eigenvalue weighted by molar-refractivity contribution is 5.77. The molecule has 0 aromatic heterocycles. The average molecular weight is 967 g/mol. The molecule has 4 aliphatic carbocycles. The van der Waals surface area contributed by atoms with Crippen molar-refractivity contribution in [3.8, 4) is 0 Å². The predicted molar refractivity (Wildman–Crippen MR) is 219 cm³/mol. The van der Waals surface area contributed by atoms with Crippen LogP contribution in [0.25, 0.3) is 0 Å². The average Bonchev–Trinajstić information content (AvgIpc) is 3.50. The van der Waals surface area contributed by atoms with Gasteiger partial charge in [0.05, 0.1) is 37.4 Å². The summed E-state index contributed by atoms with van der Waals surface area (Å²) < 4.78 is 46.6. The van der Waals surface area contributed by atoms with Gasteiger partial charge in [-0.2, -0.15) is 0 Å². The molecule has 0 amide bonds. The lowest BCUT2D eigenvalue weighted by molar-refractivity contribution is -0.368. The third kappa shape index (κ3) is 8.63. The quantitative estimate of drug-likeness (QED) is 0.0494. The Balaban J connectivity index is 0.927. The van der Waals surface area contributed by atoms with Crippen LogP contribution in [0, 0.1) is 28.1 Å². The zero-order chi connectivity index (χ0) is 48.7. The molecular weight excluding hydrogens is 896 g/mol. The van der Waals surface area contributed by atoms with Crippen LogP contribution in [0.1, 0.15) is 71.6 Å². The fraction of sp³-hybridized carbons (Fsp3) is 0.932. The van der Waals surface area contributed by atoms with Gasteiger partial charge in [-0.05, 0) is 86.5 Å². The minimum absolute atomic E-state index is 0.0730. The smallest absolute Gasteiger partial charge is 0.314 e. The molecule has 67 heavy (non-hydrogen) atoms. The van der Waals surface area contributed by atoms with Crippen molar-refractivity contribution in [2.24, 2.45) is 28.1 Å². The van der Waals surface area contributed by atoms with Crippen molar-refractivity contribution in [2.75, 3.05) is 26.4 Å². The fourth-order valence-electron chi connectivity index (χ4n) is 13.5. The molecule has 2 bridgehead atoms. The predicted octanol–water partition coefficient (Wildman–Crippen LogP) is -5.11. The maximum absolute atomic E-state index is 14.5. The number of hydrogen-bond acceptors (Lipinski definition) is 23. The van der Waals surface area contributed by atoms with Gasteiger partial charge in [0.2, 0.25) is 6.29 Å². The number of hydrogen-bond donors (Lipinski definition) is 14. The summed E-state index contributed by atoms with van der Waals surface area (Å²) in [7, 11) is 0. The normalized spacial score (nSPS) is 54.5. The van der Waals surface area contributed by atoms with Gasteiger partial charge < -0.3 is 109 Å². The van der Waals surface area contributed by atoms with E-state index in [2.05, 4.69) is 13.5 Å². The summed E-state index contributed by atoms with van der Waals surface area (Å²) in [5.74, 6) is -0.798. The van der Waals surface area contributed by atoms with E-state index in [9.17, 15) is 76.3 Å². The molecular formula is C44H70O23. The molecule has 4 saturated carbocycles. The lowest BCUT2D eigenvalue weighted by Gasteiger charge is -2.64. The van der Waals surface area contributed by atoms with Gasteiger partial charge in [-0.3, -0.25) is 4.79 Å². The van der Waals surface area contributed by atoms with Crippen molar-refractivity contribution in [2.45, 2.75) is 200 Å². The summed E-state index contributed by atoms with van der Waals surface area (Å²) in [6.45, 7) is 5.47. The lowest BCUT2D eigenvalue weighted by atomic mass is 9.41. The van der Waals surface area contributed by atoms with Crippen LogP contribution in [0.4, 0.5) is 0 Å². The fourth-order valence-corrected chi connectivity index (χ4v) is 13.5. The van der Waals surface area contributed by atoms with E-state index in [-0.39, 0.29) is 17.3 Å². The highest BCUT2D eigenvalue weighted by atomic mass is 16.8. The van der Waals surface area contributed by atoms with Crippen LogP contribution in [0.15, 0.2) is 12.2 Å². The largest absolute Gasteiger partial charge is 0.432 e. The van der Waals surface area contributed by atoms with Crippen LogP contribution in [-0.4, -0.2) is 232 Å². The molecule has 8 fully saturated rings. The van der Waals surface area contributed by atoms with Crippen molar-refractivity contribution in [3.05, 3.63) is 12.2 Å². The Morgan fingerprint density at radius 1 is 0.567 bits per heavy atom. The Labute approximate surface area is 386 Å². The number of aliphatic hydroxyl groups excluding tert-OH is 14. The first-order chi connectivity index (χ1) is 31.6. The van der Waals surface area contributed by atoms with Gasteiger partial charge in [0.1, 0.15) is 97.7 Å². The van der Waals surface area contributed by atoms with E-state index in [4.69, 9.17) is 37.9 Å². The number of esters is 1. The first-order valence-corrected chi connectivity index (χ1v) is 23.4. The summed E-state index contributed by atoms with van der Waals surface area (Å²) in [4.78, 5) is 14.5. The number of fused-ring (bicyclic) bond motifs is 3. The van der Waals surface area contributed by atoms with Gasteiger partial charge >= 0.3 is 5.97 Å². The van der Waals surface area contributed by atoms with Crippen molar-refractivity contribution in [1.29, 1.82) is 0 Å². The number of carbonyl (C=O) groups excluding carboxylic acids is 1. The standard InChI is InChI=1S/C44H70O23/c1-17-11-43-9-5-22-41(2,7-4-8-42(22,3)40(59)66-38-32(57)28(53)34(20(14-47)62-38)64-36-30(55)26(51)24(49)18(12-45)60-36)23(43)6-10-44(17,16-43)67-39-33(58)29(54)35(21(15-48)63-39)65-37-31(56)27(52)25(50)19(13-46)61-37/h18-39,45-58H,1,4-16H2,2-3H3/t18-,19-,20-,21-,22+,23+,24-,25-,26+,27+,28-,29-,30-,31-,32-,33-,34-,35-,36-,37-,38+,39+,41-,42-,43-,44+/m1/s1. The van der Waals surface area contributed by atoms with E-state index in [1.54, 1.807) is 0 Å². The highest BCUT2D eigenvalue weighted by Gasteiger charge is 2.69. The maximum atomic E-state index is 14.5. The third-order valence-corrected chi connectivity index (χ3v) is 17.1. The Hall–Kier alpha value is -1.63. The second kappa shape index (κ2) is 19.4. The highest BCUT2D eigenvalue weighted by Crippen LogP contribution is 2.73. The molecule has 0 radical (unpaired) electrons. The number of aliphatic hydroxyl groups is 14. The topological polar surface area (TPSA) is 374 Å². The summed E-state index contributed by atoms with van der Waals surface area (Å²) in [6, 6.07) is 0. The van der Waals surface area contributed by atoms with Crippen LogP contribution in [-0.2, 0) is 42.7 Å². The Morgan fingerprint density at radius 2 is 1.03 bits per heavy atom. The van der Waals surface area contributed by atoms with E-state index in [0.717, 1.165) is 12.0 Å². The van der Waals surface area contributed by atoms with Crippen molar-refractivity contribution in [3.63, 3.8) is 0 Å². The van der Waals surface area contributed by atoms with Crippen LogP contribution in [0.5, 0.6) is 0 Å². The first kappa shape index (κ1) is 51.7. The van der Waals surface area contributed by atoms with Crippen molar-refractivity contribution >= 4 is 5.97 Å². The monoisotopic (exact) mass is 966 g/mol. The SMILES string of the molecule is C=C1C[C@@]23CC[C@H]4[C@@](C)(CCC[C@@]4(C)C(=O)O[C@@H]4O[C@H](CO)[C@@H](O[C@H]5O[C@H](CO)[C@@H](O)[C@H](O)[C@H]5O)[C@H](O)[C@H]4O)[C@@H]2CC[C@]1(O[C@@H]1O[C@H](CO)[C@@H](O[C@H]2O[C@H](CO)[C@@H](O)[C@H](O)[C@H]2O)[C@H](O)[C@H]1O)C3. The molecule has 0 unspecified atom stereocenters. The molecule has 4 saturated heterocycles. The summed E-state index contributed by atoms with van der Waals surface area (Å²) >= 11 is 0. The van der Waals surface area contributed by atoms with Crippen LogP contribution < -0.4 is 0 Å². The molecule has 26 atom stereocenters. The summed E-state index contributed by atoms with van der Waals surface area (Å²) in [5, 5.41) is 147. The zero-order valence-electron chi connectivity index (χ0n) is 37.5. The second-order valence-electron chi connectivity index (χ2n) is 20.8. The Kier molecular flexibility index (Phi) is 15.0. The molecule has 23 heteroatoms. The van der Waals surface area contributed by atoms with E-state index in [0.29, 0.717) is 51.4 Å². The summed E-state index contributed by atoms with van der Waals surface area (Å²) in [6.07, 6.45) is -27.5. The molecule has 8 aliphatic rings. The van der Waals surface area contributed by atoms with Gasteiger partial charge in [0.15, 0.2) is 18.9 Å². The van der Waals surface area contributed by atoms with Gasteiger partial charge in [0.25, 0.3) is 0 Å². The van der Waals surface area contributed by atoms with E-state index < -0.39 is 172 Å². The molecule has 4 aliphatic heterocycles. The third-order valence-electron chi connectivity index (χ3n) is 17.1. The van der Waals surface area contributed by atoms with Crippen LogP contribution >= 0.6 is 0 Å². The van der Waals surface area contributed by atoms with E-state index >= 15 is 0 Å². The van der Waals surface area contributed by atoms with Crippen molar-refractivity contribution < 1.29 is 114 Å². The second-order valence-corrected chi connectivity index (χ2v) is 20.8. The summed E-state index contributed by atoms with van der Waals surface area (Å²) in [5.41, 5.74) is -2.03. The Bertz CT molecular complexity index is 1750. The van der Waals surface area contributed by atoms with E-state index in [1.807, 2.05) is 6.92 Å². The molecule has 0 aromatic carbocycles. The minimum atomic E-state index is -1.90. The van der Waals surface area contributed by atoms with Gasteiger partial charge in [0, 0.05) is 0 Å². The molecule has 8 rings (SSSR count).